The number of nitrogens with zero attached hydrogens (tertiary/aromatic N) is 3. The van der Waals surface area contributed by atoms with E-state index in [4.69, 9.17) is 37.4 Å². The molecule has 0 aliphatic rings. The van der Waals surface area contributed by atoms with Gasteiger partial charge in [-0.05, 0) is 55.0 Å². The number of aromatic nitrogens is 3. The van der Waals surface area contributed by atoms with Gasteiger partial charge in [-0.1, -0.05) is 41.4 Å². The van der Waals surface area contributed by atoms with Crippen LogP contribution in [0.25, 0.3) is 12.2 Å². The van der Waals surface area contributed by atoms with Crippen LogP contribution in [0.3, 0.4) is 0 Å². The van der Waals surface area contributed by atoms with Gasteiger partial charge < -0.3 is 14.2 Å². The van der Waals surface area contributed by atoms with Crippen LogP contribution >= 0.6 is 35.6 Å². The Balaban J connectivity index is 0.00000342. The molecule has 0 N–H and O–H groups in total. The molecule has 182 valence electrons. The minimum atomic E-state index is 0. The molecule has 0 saturated heterocycles. The summed E-state index contributed by atoms with van der Waals surface area (Å²) in [5, 5.41) is 5.24. The third-order valence-electron chi connectivity index (χ3n) is 5.07. The Morgan fingerprint density at radius 1 is 0.971 bits per heavy atom. The third kappa shape index (κ3) is 6.48. The van der Waals surface area contributed by atoms with E-state index in [1.54, 1.807) is 30.1 Å². The molecule has 0 spiro atoms. The highest BCUT2D eigenvalue weighted by atomic mass is 35.5. The number of aryl methyl sites for hydroxylation is 2. The van der Waals surface area contributed by atoms with Gasteiger partial charge in [0.05, 0.1) is 34.1 Å². The molecule has 0 atom stereocenters. The lowest BCUT2D eigenvalue weighted by Crippen LogP contribution is -1.99. The highest BCUT2D eigenvalue weighted by molar-refractivity contribution is 6.36. The second kappa shape index (κ2) is 12.0. The maximum absolute atomic E-state index is 6.45. The summed E-state index contributed by atoms with van der Waals surface area (Å²) in [6, 6.07) is 16.6. The number of rotatable bonds is 8. The van der Waals surface area contributed by atoms with Crippen molar-refractivity contribution in [1.82, 2.24) is 14.8 Å². The van der Waals surface area contributed by atoms with Gasteiger partial charge in [0.15, 0.2) is 5.75 Å². The van der Waals surface area contributed by atoms with E-state index >= 15 is 0 Å². The summed E-state index contributed by atoms with van der Waals surface area (Å²) in [6.45, 7) is 2.24. The predicted molar refractivity (Wildman–Crippen MR) is 142 cm³/mol. The van der Waals surface area contributed by atoms with Crippen molar-refractivity contribution in [1.29, 1.82) is 0 Å². The standard InChI is InChI=1S/C26H23Cl2N3O3.ClH/c1-17-21(12-9-19-6-4-5-13-29-19)26(31(2)30-17)34-25-15-24(22(27)14-23(25)28)33-16-18-7-10-20(32-3)11-8-18;/h4-15H,16H2,1-3H3;1H/b12-9+;. The summed E-state index contributed by atoms with van der Waals surface area (Å²) < 4.78 is 19.0. The number of ether oxygens (including phenoxy) is 3. The number of hydrogen-bond donors (Lipinski definition) is 0. The second-order valence-electron chi connectivity index (χ2n) is 7.47. The van der Waals surface area contributed by atoms with Gasteiger partial charge >= 0.3 is 0 Å². The molecule has 0 saturated carbocycles. The summed E-state index contributed by atoms with van der Waals surface area (Å²) in [5.41, 5.74) is 3.43. The summed E-state index contributed by atoms with van der Waals surface area (Å²) in [6.07, 6.45) is 5.57. The molecule has 6 nitrogen and oxygen atoms in total. The normalized spacial score (nSPS) is 10.8. The fourth-order valence-corrected chi connectivity index (χ4v) is 3.77. The quantitative estimate of drug-likeness (QED) is 0.237. The van der Waals surface area contributed by atoms with Gasteiger partial charge in [-0.3, -0.25) is 4.98 Å². The van der Waals surface area contributed by atoms with Crippen LogP contribution in [0.15, 0.2) is 60.8 Å². The Morgan fingerprint density at radius 2 is 1.71 bits per heavy atom. The fourth-order valence-electron chi connectivity index (χ4n) is 3.30. The lowest BCUT2D eigenvalue weighted by atomic mass is 10.2. The molecular formula is C26H24Cl3N3O3. The van der Waals surface area contributed by atoms with Crippen molar-refractivity contribution in [3.63, 3.8) is 0 Å². The average Bonchev–Trinajstić information content (AvgIpc) is 3.11. The Bertz CT molecular complexity index is 1310. The Kier molecular flexibility index (Phi) is 9.04. The molecule has 0 fully saturated rings. The van der Waals surface area contributed by atoms with Crippen LogP contribution in [0.1, 0.15) is 22.5 Å². The minimum absolute atomic E-state index is 0. The van der Waals surface area contributed by atoms with E-state index in [0.29, 0.717) is 34.0 Å². The topological polar surface area (TPSA) is 58.4 Å². The van der Waals surface area contributed by atoms with Crippen LogP contribution in [-0.4, -0.2) is 21.9 Å². The number of halogens is 3. The van der Waals surface area contributed by atoms with Gasteiger partial charge in [0.25, 0.3) is 0 Å². The first-order valence-corrected chi connectivity index (χ1v) is 11.3. The fraction of sp³-hybridized carbons (Fsp3) is 0.154. The molecule has 0 unspecified atom stereocenters. The van der Waals surface area contributed by atoms with Gasteiger partial charge in [0.1, 0.15) is 18.1 Å². The zero-order chi connectivity index (χ0) is 24.1. The average molecular weight is 533 g/mol. The monoisotopic (exact) mass is 531 g/mol. The summed E-state index contributed by atoms with van der Waals surface area (Å²) >= 11 is 12.8. The maximum Gasteiger partial charge on any atom is 0.225 e. The van der Waals surface area contributed by atoms with Crippen molar-refractivity contribution < 1.29 is 14.2 Å². The van der Waals surface area contributed by atoms with Crippen molar-refractivity contribution in [3.05, 3.63) is 93.4 Å². The van der Waals surface area contributed by atoms with E-state index in [0.717, 1.165) is 28.3 Å². The summed E-state index contributed by atoms with van der Waals surface area (Å²) in [7, 11) is 3.44. The Hall–Kier alpha value is -3.19. The number of hydrogen-bond acceptors (Lipinski definition) is 5. The van der Waals surface area contributed by atoms with Crippen molar-refractivity contribution >= 4 is 47.8 Å². The number of pyridine rings is 1. The van der Waals surface area contributed by atoms with Crippen LogP contribution in [-0.2, 0) is 13.7 Å². The molecule has 0 radical (unpaired) electrons. The lowest BCUT2D eigenvalue weighted by molar-refractivity contribution is 0.304. The van der Waals surface area contributed by atoms with Gasteiger partial charge in [-0.2, -0.15) is 5.10 Å². The van der Waals surface area contributed by atoms with Crippen LogP contribution in [0, 0.1) is 6.92 Å². The molecule has 0 bridgehead atoms. The van der Waals surface area contributed by atoms with Crippen molar-refractivity contribution in [2.45, 2.75) is 13.5 Å². The Morgan fingerprint density at radius 3 is 2.40 bits per heavy atom. The zero-order valence-electron chi connectivity index (χ0n) is 19.4. The maximum atomic E-state index is 6.45. The van der Waals surface area contributed by atoms with Gasteiger partial charge in [0.2, 0.25) is 5.88 Å². The molecule has 2 aromatic heterocycles. The van der Waals surface area contributed by atoms with E-state index in [1.165, 1.54) is 0 Å². The second-order valence-corrected chi connectivity index (χ2v) is 8.28. The first-order chi connectivity index (χ1) is 16.4. The molecule has 0 aliphatic heterocycles. The van der Waals surface area contributed by atoms with Gasteiger partial charge in [-0.15, -0.1) is 12.4 Å². The van der Waals surface area contributed by atoms with Gasteiger partial charge in [0, 0.05) is 19.3 Å². The number of methoxy groups -OCH3 is 1. The van der Waals surface area contributed by atoms with E-state index in [1.807, 2.05) is 68.6 Å². The zero-order valence-corrected chi connectivity index (χ0v) is 21.7. The molecule has 2 heterocycles. The van der Waals surface area contributed by atoms with E-state index in [2.05, 4.69) is 10.1 Å². The van der Waals surface area contributed by atoms with E-state index < -0.39 is 0 Å². The summed E-state index contributed by atoms with van der Waals surface area (Å²) in [4.78, 5) is 4.32. The largest absolute Gasteiger partial charge is 0.497 e. The molecule has 4 rings (SSSR count). The van der Waals surface area contributed by atoms with Crippen LogP contribution in [0.5, 0.6) is 23.1 Å². The molecule has 35 heavy (non-hydrogen) atoms. The van der Waals surface area contributed by atoms with Crippen LogP contribution in [0.2, 0.25) is 10.0 Å². The Labute approximate surface area is 220 Å². The first-order valence-electron chi connectivity index (χ1n) is 10.5. The smallest absolute Gasteiger partial charge is 0.225 e. The van der Waals surface area contributed by atoms with Crippen molar-refractivity contribution in [2.24, 2.45) is 7.05 Å². The highest BCUT2D eigenvalue weighted by Crippen LogP contribution is 2.39. The molecule has 9 heteroatoms. The van der Waals surface area contributed by atoms with Crippen molar-refractivity contribution in [3.8, 4) is 23.1 Å². The van der Waals surface area contributed by atoms with Crippen LogP contribution < -0.4 is 14.2 Å². The van der Waals surface area contributed by atoms with Gasteiger partial charge in [-0.25, -0.2) is 4.68 Å². The molecule has 4 aromatic rings. The highest BCUT2D eigenvalue weighted by Gasteiger charge is 2.17. The van der Waals surface area contributed by atoms with E-state index in [9.17, 15) is 0 Å². The minimum Gasteiger partial charge on any atom is -0.497 e. The third-order valence-corrected chi connectivity index (χ3v) is 5.66. The van der Waals surface area contributed by atoms with Crippen LogP contribution in [0.4, 0.5) is 0 Å². The molecule has 2 aromatic carbocycles. The summed E-state index contributed by atoms with van der Waals surface area (Å²) in [5.74, 6) is 2.19. The van der Waals surface area contributed by atoms with Crippen molar-refractivity contribution in [2.75, 3.05) is 7.11 Å². The number of benzene rings is 2. The van der Waals surface area contributed by atoms with E-state index in [-0.39, 0.29) is 12.4 Å². The molecule has 0 aliphatic carbocycles. The molecule has 0 amide bonds. The predicted octanol–water partition coefficient (Wildman–Crippen LogP) is 7.40. The first kappa shape index (κ1) is 26.4. The molecular weight excluding hydrogens is 509 g/mol. The lowest BCUT2D eigenvalue weighted by Gasteiger charge is -2.13. The SMILES string of the molecule is COc1ccc(COc2cc(Oc3c(/C=C/c4ccccn4)c(C)nn3C)c(Cl)cc2Cl)cc1.Cl.